The van der Waals surface area contributed by atoms with Gasteiger partial charge in [0, 0.05) is 30.7 Å². The Hall–Kier alpha value is -4.39. The number of oxazole rings is 1. The highest BCUT2D eigenvalue weighted by atomic mass is 16.5. The van der Waals surface area contributed by atoms with Crippen LogP contribution in [0.5, 0.6) is 5.75 Å². The van der Waals surface area contributed by atoms with Crippen molar-refractivity contribution in [3.63, 3.8) is 0 Å². The highest BCUT2D eigenvalue weighted by Gasteiger charge is 2.20. The SMILES string of the molecule is COc1cccc(-c2ccc3cc(C(=O)NCCc4ccncc4)c(-c4cocn4)n3c2)c1. The van der Waals surface area contributed by atoms with Gasteiger partial charge < -0.3 is 18.9 Å². The van der Waals surface area contributed by atoms with Crippen molar-refractivity contribution in [1.82, 2.24) is 19.7 Å². The van der Waals surface area contributed by atoms with E-state index in [1.54, 1.807) is 25.8 Å². The average Bonchev–Trinajstić information content (AvgIpc) is 3.52. The molecule has 0 bridgehead atoms. The molecule has 164 valence electrons. The lowest BCUT2D eigenvalue weighted by Gasteiger charge is -2.08. The lowest BCUT2D eigenvalue weighted by molar-refractivity contribution is 0.0955. The molecule has 0 saturated heterocycles. The summed E-state index contributed by atoms with van der Waals surface area (Å²) in [4.78, 5) is 21.5. The van der Waals surface area contributed by atoms with Crippen molar-refractivity contribution in [1.29, 1.82) is 0 Å². The summed E-state index contributed by atoms with van der Waals surface area (Å²) in [6.45, 7) is 0.516. The fourth-order valence-electron chi connectivity index (χ4n) is 3.87. The average molecular weight is 438 g/mol. The van der Waals surface area contributed by atoms with E-state index in [0.29, 0.717) is 23.5 Å². The maximum atomic E-state index is 13.1. The van der Waals surface area contributed by atoms with Crippen LogP contribution in [0.1, 0.15) is 15.9 Å². The molecule has 33 heavy (non-hydrogen) atoms. The molecule has 0 aliphatic rings. The number of hydrogen-bond donors (Lipinski definition) is 1. The van der Waals surface area contributed by atoms with E-state index < -0.39 is 0 Å². The van der Waals surface area contributed by atoms with E-state index in [4.69, 9.17) is 9.15 Å². The van der Waals surface area contributed by atoms with Crippen molar-refractivity contribution in [2.45, 2.75) is 6.42 Å². The number of carbonyl (C=O) groups excluding carboxylic acids is 1. The summed E-state index contributed by atoms with van der Waals surface area (Å²) in [6, 6.07) is 17.7. The summed E-state index contributed by atoms with van der Waals surface area (Å²) in [5.41, 5.74) is 5.83. The maximum Gasteiger partial charge on any atom is 0.253 e. The number of pyridine rings is 2. The quantitative estimate of drug-likeness (QED) is 0.400. The molecule has 1 aromatic carbocycles. The number of methoxy groups -OCH3 is 1. The van der Waals surface area contributed by atoms with E-state index in [0.717, 1.165) is 34.4 Å². The van der Waals surface area contributed by atoms with Crippen LogP contribution in [0.4, 0.5) is 0 Å². The topological polar surface area (TPSA) is 81.7 Å². The molecular weight excluding hydrogens is 416 g/mol. The Morgan fingerprint density at radius 3 is 2.76 bits per heavy atom. The molecule has 0 radical (unpaired) electrons. The number of fused-ring (bicyclic) bond motifs is 1. The number of aromatic nitrogens is 3. The van der Waals surface area contributed by atoms with Crippen molar-refractivity contribution in [3.05, 3.63) is 97.0 Å². The number of nitrogens with one attached hydrogen (secondary N) is 1. The number of carbonyl (C=O) groups is 1. The van der Waals surface area contributed by atoms with Gasteiger partial charge in [0.1, 0.15) is 17.7 Å². The number of hydrogen-bond acceptors (Lipinski definition) is 5. The molecule has 0 aliphatic heterocycles. The van der Waals surface area contributed by atoms with Gasteiger partial charge >= 0.3 is 0 Å². The molecule has 7 nitrogen and oxygen atoms in total. The fraction of sp³-hybridized carbons (Fsp3) is 0.115. The van der Waals surface area contributed by atoms with Crippen LogP contribution >= 0.6 is 0 Å². The Morgan fingerprint density at radius 1 is 1.09 bits per heavy atom. The molecule has 4 heterocycles. The molecule has 0 unspecified atom stereocenters. The number of amides is 1. The zero-order valence-corrected chi connectivity index (χ0v) is 18.1. The third kappa shape index (κ3) is 4.21. The van der Waals surface area contributed by atoms with Gasteiger partial charge in [-0.1, -0.05) is 18.2 Å². The Bertz CT molecular complexity index is 1390. The van der Waals surface area contributed by atoms with Crippen LogP contribution in [0.15, 0.2) is 90.3 Å². The lowest BCUT2D eigenvalue weighted by Crippen LogP contribution is -2.26. The zero-order valence-electron chi connectivity index (χ0n) is 18.1. The van der Waals surface area contributed by atoms with Crippen LogP contribution in [0.3, 0.4) is 0 Å². The van der Waals surface area contributed by atoms with Crippen molar-refractivity contribution in [3.8, 4) is 28.3 Å². The van der Waals surface area contributed by atoms with Gasteiger partial charge in [-0.15, -0.1) is 0 Å². The maximum absolute atomic E-state index is 13.1. The van der Waals surface area contributed by atoms with Crippen molar-refractivity contribution in [2.75, 3.05) is 13.7 Å². The summed E-state index contributed by atoms with van der Waals surface area (Å²) < 4.78 is 12.6. The lowest BCUT2D eigenvalue weighted by atomic mass is 10.1. The van der Waals surface area contributed by atoms with Crippen LogP contribution in [0.25, 0.3) is 28.0 Å². The molecule has 5 aromatic rings. The third-order valence-corrected chi connectivity index (χ3v) is 5.54. The van der Waals surface area contributed by atoms with Gasteiger partial charge in [-0.05, 0) is 59.5 Å². The molecule has 0 spiro atoms. The van der Waals surface area contributed by atoms with E-state index in [1.165, 1.54) is 6.39 Å². The Balaban J connectivity index is 1.50. The van der Waals surface area contributed by atoms with Gasteiger partial charge in [-0.2, -0.15) is 0 Å². The highest BCUT2D eigenvalue weighted by Crippen LogP contribution is 2.30. The highest BCUT2D eigenvalue weighted by molar-refractivity contribution is 6.02. The van der Waals surface area contributed by atoms with Gasteiger partial charge in [-0.3, -0.25) is 9.78 Å². The van der Waals surface area contributed by atoms with Crippen LogP contribution in [0.2, 0.25) is 0 Å². The first kappa shape index (κ1) is 20.5. The molecular formula is C26H22N4O3. The summed E-state index contributed by atoms with van der Waals surface area (Å²) in [5, 5.41) is 3.02. The normalized spacial score (nSPS) is 10.9. The first-order chi connectivity index (χ1) is 16.2. The second-order valence-corrected chi connectivity index (χ2v) is 7.59. The molecule has 0 atom stereocenters. The first-order valence-electron chi connectivity index (χ1n) is 10.6. The molecule has 1 amide bonds. The molecule has 1 N–H and O–H groups in total. The van der Waals surface area contributed by atoms with E-state index >= 15 is 0 Å². The van der Waals surface area contributed by atoms with E-state index in [9.17, 15) is 4.79 Å². The van der Waals surface area contributed by atoms with Crippen molar-refractivity contribution in [2.24, 2.45) is 0 Å². The summed E-state index contributed by atoms with van der Waals surface area (Å²) in [5.74, 6) is 0.625. The Kier molecular flexibility index (Phi) is 5.59. The number of benzene rings is 1. The van der Waals surface area contributed by atoms with E-state index in [2.05, 4.69) is 15.3 Å². The summed E-state index contributed by atoms with van der Waals surface area (Å²) in [7, 11) is 1.65. The van der Waals surface area contributed by atoms with Crippen LogP contribution in [-0.2, 0) is 6.42 Å². The van der Waals surface area contributed by atoms with Gasteiger partial charge in [-0.25, -0.2) is 4.98 Å². The second-order valence-electron chi connectivity index (χ2n) is 7.59. The third-order valence-electron chi connectivity index (χ3n) is 5.54. The molecule has 4 aromatic heterocycles. The smallest absolute Gasteiger partial charge is 0.253 e. The summed E-state index contributed by atoms with van der Waals surface area (Å²) in [6.07, 6.45) is 9.14. The van der Waals surface area contributed by atoms with Crippen LogP contribution in [0, 0.1) is 0 Å². The summed E-state index contributed by atoms with van der Waals surface area (Å²) >= 11 is 0. The Morgan fingerprint density at radius 2 is 1.97 bits per heavy atom. The largest absolute Gasteiger partial charge is 0.497 e. The van der Waals surface area contributed by atoms with Crippen LogP contribution < -0.4 is 10.1 Å². The van der Waals surface area contributed by atoms with Gasteiger partial charge in [0.15, 0.2) is 6.39 Å². The zero-order chi connectivity index (χ0) is 22.6. The second kappa shape index (κ2) is 9.00. The minimum absolute atomic E-state index is 0.159. The molecule has 5 rings (SSSR count). The van der Waals surface area contributed by atoms with Gasteiger partial charge in [0.2, 0.25) is 0 Å². The minimum atomic E-state index is -0.159. The van der Waals surface area contributed by atoms with Crippen molar-refractivity contribution >= 4 is 11.4 Å². The monoisotopic (exact) mass is 438 g/mol. The van der Waals surface area contributed by atoms with E-state index in [-0.39, 0.29) is 5.91 Å². The van der Waals surface area contributed by atoms with E-state index in [1.807, 2.05) is 65.2 Å². The minimum Gasteiger partial charge on any atom is -0.497 e. The number of ether oxygens (including phenoxy) is 1. The first-order valence-corrected chi connectivity index (χ1v) is 10.6. The predicted molar refractivity (Wildman–Crippen MR) is 125 cm³/mol. The van der Waals surface area contributed by atoms with Crippen LogP contribution in [-0.4, -0.2) is 33.9 Å². The Labute approximate surface area is 190 Å². The molecule has 0 fully saturated rings. The standard InChI is InChI=1S/C26H22N4O3/c1-32-22-4-2-3-19(13-22)20-5-6-21-14-23(25(30(21)15-20)24-16-33-17-29-24)26(31)28-12-9-18-7-10-27-11-8-18/h2-8,10-11,13-17H,9,12H2,1H3,(H,28,31). The van der Waals surface area contributed by atoms with Gasteiger partial charge in [0.05, 0.1) is 18.4 Å². The van der Waals surface area contributed by atoms with Crippen molar-refractivity contribution < 1.29 is 13.9 Å². The number of rotatable bonds is 7. The van der Waals surface area contributed by atoms with Gasteiger partial charge in [0.25, 0.3) is 5.91 Å². The fourth-order valence-corrected chi connectivity index (χ4v) is 3.87. The predicted octanol–water partition coefficient (Wildman–Crippen LogP) is 4.64. The molecule has 0 aliphatic carbocycles. The number of nitrogens with zero attached hydrogens (tertiary/aromatic N) is 3. The molecule has 7 heteroatoms. The molecule has 0 saturated carbocycles.